The van der Waals surface area contributed by atoms with Gasteiger partial charge in [-0.15, -0.1) is 0 Å². The van der Waals surface area contributed by atoms with Crippen LogP contribution in [-0.4, -0.2) is 57.7 Å². The van der Waals surface area contributed by atoms with Crippen LogP contribution >= 0.6 is 11.8 Å². The zero-order valence-electron chi connectivity index (χ0n) is 11.2. The van der Waals surface area contributed by atoms with Crippen molar-refractivity contribution in [3.05, 3.63) is 0 Å². The molecule has 5 heteroatoms. The average molecular weight is 277 g/mol. The van der Waals surface area contributed by atoms with Gasteiger partial charge in [0.1, 0.15) is 6.10 Å². The van der Waals surface area contributed by atoms with Crippen molar-refractivity contribution in [3.8, 4) is 0 Å². The monoisotopic (exact) mass is 277 g/mol. The van der Waals surface area contributed by atoms with Crippen LogP contribution in [0, 0.1) is 0 Å². The summed E-state index contributed by atoms with van der Waals surface area (Å²) in [4.78, 5) is 0. The summed E-state index contributed by atoms with van der Waals surface area (Å²) in [6.07, 6.45) is 3.28. The molecule has 0 amide bonds. The Hall–Kier alpha value is 0.190. The maximum absolute atomic E-state index is 9.80. The van der Waals surface area contributed by atoms with Gasteiger partial charge in [0.15, 0.2) is 0 Å². The number of hydrogen-bond acceptors (Lipinski definition) is 5. The lowest BCUT2D eigenvalue weighted by Gasteiger charge is -2.36. The molecule has 4 nitrogen and oxygen atoms in total. The molecule has 0 spiro atoms. The fourth-order valence-electron chi connectivity index (χ4n) is 2.20. The smallest absolute Gasteiger partial charge is 0.108 e. The van der Waals surface area contributed by atoms with Crippen LogP contribution < -0.4 is 5.32 Å². The zero-order valence-corrected chi connectivity index (χ0v) is 12.0. The molecule has 1 heterocycles. The molecule has 0 aromatic rings. The minimum Gasteiger partial charge on any atom is -0.389 e. The molecule has 0 aromatic carbocycles. The number of nitrogens with one attached hydrogen (secondary N) is 1. The number of aliphatic hydroxyl groups is 3. The first-order chi connectivity index (χ1) is 8.66. The first-order valence-electron chi connectivity index (χ1n) is 7.02. The summed E-state index contributed by atoms with van der Waals surface area (Å²) >= 11 is 1.91. The molecule has 18 heavy (non-hydrogen) atoms. The van der Waals surface area contributed by atoms with Crippen molar-refractivity contribution in [1.82, 2.24) is 5.32 Å². The standard InChI is InChI=1S/C13H27NO3S/c1-2-3-4-5-7-18-8-6-10-12(16)13(17)11(15)9-14-10/h10-17H,2-9H2,1H3/t10-,11-,12+,13+/m1/s1. The number of rotatable bonds is 8. The van der Waals surface area contributed by atoms with Crippen molar-refractivity contribution in [3.63, 3.8) is 0 Å². The normalized spacial score (nSPS) is 32.7. The van der Waals surface area contributed by atoms with Crippen LogP contribution in [0.15, 0.2) is 0 Å². The molecule has 0 unspecified atom stereocenters. The van der Waals surface area contributed by atoms with Gasteiger partial charge in [0, 0.05) is 12.6 Å². The van der Waals surface area contributed by atoms with E-state index in [-0.39, 0.29) is 6.04 Å². The fraction of sp³-hybridized carbons (Fsp3) is 1.00. The van der Waals surface area contributed by atoms with E-state index in [4.69, 9.17) is 0 Å². The molecule has 1 fully saturated rings. The summed E-state index contributed by atoms with van der Waals surface area (Å²) in [5, 5.41) is 31.8. The highest BCUT2D eigenvalue weighted by Crippen LogP contribution is 2.16. The van der Waals surface area contributed by atoms with Crippen LogP contribution in [0.4, 0.5) is 0 Å². The number of aliphatic hydroxyl groups excluding tert-OH is 3. The number of unbranched alkanes of at least 4 members (excludes halogenated alkanes) is 3. The third kappa shape index (κ3) is 5.45. The Morgan fingerprint density at radius 1 is 1.06 bits per heavy atom. The van der Waals surface area contributed by atoms with Crippen LogP contribution in [0.3, 0.4) is 0 Å². The van der Waals surface area contributed by atoms with Crippen LogP contribution in [0.1, 0.15) is 39.0 Å². The molecule has 0 saturated carbocycles. The van der Waals surface area contributed by atoms with E-state index in [0.717, 1.165) is 12.2 Å². The highest BCUT2D eigenvalue weighted by molar-refractivity contribution is 7.99. The molecule has 0 aliphatic carbocycles. The van der Waals surface area contributed by atoms with Crippen molar-refractivity contribution >= 4 is 11.8 Å². The SMILES string of the molecule is CCCCCCSCC[C@H]1NC[C@@H](O)[C@H](O)[C@H]1O. The quantitative estimate of drug-likeness (QED) is 0.493. The van der Waals surface area contributed by atoms with E-state index in [1.807, 2.05) is 11.8 Å². The Morgan fingerprint density at radius 2 is 1.83 bits per heavy atom. The van der Waals surface area contributed by atoms with Gasteiger partial charge in [0.2, 0.25) is 0 Å². The Labute approximate surface area is 114 Å². The Balaban J connectivity index is 2.05. The van der Waals surface area contributed by atoms with Gasteiger partial charge in [-0.1, -0.05) is 26.2 Å². The van der Waals surface area contributed by atoms with E-state index in [0.29, 0.717) is 6.54 Å². The summed E-state index contributed by atoms with van der Waals surface area (Å²) in [7, 11) is 0. The molecule has 1 rings (SSSR count). The summed E-state index contributed by atoms with van der Waals surface area (Å²) in [5.41, 5.74) is 0. The Morgan fingerprint density at radius 3 is 2.56 bits per heavy atom. The molecule has 4 N–H and O–H groups in total. The highest BCUT2D eigenvalue weighted by Gasteiger charge is 2.35. The van der Waals surface area contributed by atoms with Crippen molar-refractivity contribution in [2.24, 2.45) is 0 Å². The highest BCUT2D eigenvalue weighted by atomic mass is 32.2. The molecular weight excluding hydrogens is 250 g/mol. The van der Waals surface area contributed by atoms with Gasteiger partial charge in [-0.05, 0) is 24.3 Å². The van der Waals surface area contributed by atoms with Crippen LogP contribution in [0.25, 0.3) is 0 Å². The van der Waals surface area contributed by atoms with E-state index in [2.05, 4.69) is 12.2 Å². The largest absolute Gasteiger partial charge is 0.389 e. The number of piperidine rings is 1. The molecule has 0 radical (unpaired) electrons. The summed E-state index contributed by atoms with van der Waals surface area (Å²) in [5.74, 6) is 2.16. The predicted molar refractivity (Wildman–Crippen MR) is 75.9 cm³/mol. The van der Waals surface area contributed by atoms with Gasteiger partial charge in [-0.3, -0.25) is 0 Å². The fourth-order valence-corrected chi connectivity index (χ4v) is 3.23. The van der Waals surface area contributed by atoms with Gasteiger partial charge in [0.05, 0.1) is 12.2 Å². The Bertz CT molecular complexity index is 218. The molecule has 108 valence electrons. The Kier molecular flexibility index (Phi) is 8.26. The molecule has 1 aliphatic rings. The van der Waals surface area contributed by atoms with Crippen molar-refractivity contribution in [1.29, 1.82) is 0 Å². The second-order valence-electron chi connectivity index (χ2n) is 5.02. The van der Waals surface area contributed by atoms with Crippen molar-refractivity contribution in [2.45, 2.75) is 63.4 Å². The van der Waals surface area contributed by atoms with Crippen molar-refractivity contribution < 1.29 is 15.3 Å². The van der Waals surface area contributed by atoms with Gasteiger partial charge >= 0.3 is 0 Å². The third-order valence-electron chi connectivity index (χ3n) is 3.46. The van der Waals surface area contributed by atoms with E-state index in [1.165, 1.54) is 31.4 Å². The minimum absolute atomic E-state index is 0.0912. The van der Waals surface area contributed by atoms with Gasteiger partial charge < -0.3 is 20.6 Å². The van der Waals surface area contributed by atoms with E-state index >= 15 is 0 Å². The van der Waals surface area contributed by atoms with Crippen LogP contribution in [-0.2, 0) is 0 Å². The maximum Gasteiger partial charge on any atom is 0.108 e. The lowest BCUT2D eigenvalue weighted by Crippen LogP contribution is -2.59. The molecule has 0 aromatic heterocycles. The van der Waals surface area contributed by atoms with E-state index < -0.39 is 18.3 Å². The summed E-state index contributed by atoms with van der Waals surface area (Å²) in [6, 6.07) is -0.0912. The second kappa shape index (κ2) is 9.15. The lowest BCUT2D eigenvalue weighted by atomic mass is 9.94. The zero-order chi connectivity index (χ0) is 13.4. The van der Waals surface area contributed by atoms with Crippen LogP contribution in [0.2, 0.25) is 0 Å². The topological polar surface area (TPSA) is 72.7 Å². The van der Waals surface area contributed by atoms with Crippen LogP contribution in [0.5, 0.6) is 0 Å². The van der Waals surface area contributed by atoms with Gasteiger partial charge in [-0.2, -0.15) is 11.8 Å². The van der Waals surface area contributed by atoms with E-state index in [1.54, 1.807) is 0 Å². The molecule has 1 aliphatic heterocycles. The molecular formula is C13H27NO3S. The number of β-amino-alcohol motifs (C(OH)–C–C–N with tert-alkyl or cyclic N) is 1. The van der Waals surface area contributed by atoms with Gasteiger partial charge in [-0.25, -0.2) is 0 Å². The number of thioether (sulfide) groups is 1. The first kappa shape index (κ1) is 16.2. The number of hydrogen-bond donors (Lipinski definition) is 4. The summed E-state index contributed by atoms with van der Waals surface area (Å²) in [6.45, 7) is 2.58. The van der Waals surface area contributed by atoms with Gasteiger partial charge in [0.25, 0.3) is 0 Å². The minimum atomic E-state index is -1.01. The molecule has 1 saturated heterocycles. The van der Waals surface area contributed by atoms with E-state index in [9.17, 15) is 15.3 Å². The predicted octanol–water partition coefficient (Wildman–Crippen LogP) is 0.744. The second-order valence-corrected chi connectivity index (χ2v) is 6.25. The lowest BCUT2D eigenvalue weighted by molar-refractivity contribution is -0.0941. The van der Waals surface area contributed by atoms with Crippen molar-refractivity contribution in [2.75, 3.05) is 18.1 Å². The maximum atomic E-state index is 9.80. The summed E-state index contributed by atoms with van der Waals surface area (Å²) < 4.78 is 0. The average Bonchev–Trinajstić information content (AvgIpc) is 2.37. The third-order valence-corrected chi connectivity index (χ3v) is 4.56. The first-order valence-corrected chi connectivity index (χ1v) is 8.17. The molecule has 0 bridgehead atoms. The molecule has 4 atom stereocenters.